The van der Waals surface area contributed by atoms with Gasteiger partial charge in [-0.1, -0.05) is 33.7 Å². The third kappa shape index (κ3) is 6.05. The minimum Gasteiger partial charge on any atom is -0.444 e. The Labute approximate surface area is 213 Å². The number of amides is 3. The number of carbonyl (C=O) groups excluding carboxylic acids is 3. The summed E-state index contributed by atoms with van der Waals surface area (Å²) < 4.78 is 10.7. The molecule has 1 fully saturated rings. The second-order valence-electron chi connectivity index (χ2n) is 9.29. The topological polar surface area (TPSA) is 88.2 Å². The van der Waals surface area contributed by atoms with E-state index in [0.29, 0.717) is 48.9 Å². The average molecular weight is 518 g/mol. The van der Waals surface area contributed by atoms with Gasteiger partial charge in [-0.25, -0.2) is 4.79 Å². The van der Waals surface area contributed by atoms with Crippen LogP contribution in [-0.2, 0) is 9.47 Å². The first-order chi connectivity index (χ1) is 16.8. The predicted molar refractivity (Wildman–Crippen MR) is 141 cm³/mol. The van der Waals surface area contributed by atoms with Crippen LogP contribution in [0, 0.1) is 0 Å². The van der Waals surface area contributed by atoms with Gasteiger partial charge in [0.25, 0.3) is 11.8 Å². The zero-order valence-corrected chi connectivity index (χ0v) is 21.9. The molecular formula is C25H31N3O5S2. The minimum atomic E-state index is -0.521. The maximum Gasteiger partial charge on any atom is 0.407 e. The number of morpholine rings is 1. The van der Waals surface area contributed by atoms with Crippen molar-refractivity contribution in [2.45, 2.75) is 26.4 Å². The normalized spacial score (nSPS) is 16.1. The lowest BCUT2D eigenvalue weighted by atomic mass is 9.92. The molecule has 0 radical (unpaired) electrons. The SMILES string of the molecule is CC(C)(C)OC(=O)NCCSSCCN1C(=O)c2cccc3c(N4CCOCC4)ccc(c23)C1=O. The summed E-state index contributed by atoms with van der Waals surface area (Å²) in [6.45, 7) is 9.18. The van der Waals surface area contributed by atoms with Crippen LogP contribution in [0.2, 0.25) is 0 Å². The van der Waals surface area contributed by atoms with E-state index in [9.17, 15) is 14.4 Å². The lowest BCUT2D eigenvalue weighted by Crippen LogP contribution is -2.42. The lowest BCUT2D eigenvalue weighted by Gasteiger charge is -2.32. The van der Waals surface area contributed by atoms with Gasteiger partial charge in [-0.2, -0.15) is 0 Å². The molecule has 1 saturated heterocycles. The summed E-state index contributed by atoms with van der Waals surface area (Å²) in [7, 11) is 3.15. The molecule has 0 saturated carbocycles. The van der Waals surface area contributed by atoms with Gasteiger partial charge in [0.1, 0.15) is 5.60 Å². The largest absolute Gasteiger partial charge is 0.444 e. The number of nitrogens with one attached hydrogen (secondary N) is 1. The van der Waals surface area contributed by atoms with Gasteiger partial charge in [-0.05, 0) is 39.0 Å². The van der Waals surface area contributed by atoms with Crippen LogP contribution in [0.5, 0.6) is 0 Å². The van der Waals surface area contributed by atoms with E-state index in [0.717, 1.165) is 29.5 Å². The van der Waals surface area contributed by atoms with E-state index in [-0.39, 0.29) is 11.8 Å². The number of alkyl carbamates (subject to hydrolysis) is 1. The second kappa shape index (κ2) is 11.1. The van der Waals surface area contributed by atoms with Gasteiger partial charge < -0.3 is 19.7 Å². The summed E-state index contributed by atoms with van der Waals surface area (Å²) in [6.07, 6.45) is -0.433. The Kier molecular flexibility index (Phi) is 8.13. The molecule has 0 bridgehead atoms. The summed E-state index contributed by atoms with van der Waals surface area (Å²) in [5.41, 5.74) is 1.67. The van der Waals surface area contributed by atoms with Crippen LogP contribution in [0.4, 0.5) is 10.5 Å². The van der Waals surface area contributed by atoms with Crippen LogP contribution >= 0.6 is 21.6 Å². The second-order valence-corrected chi connectivity index (χ2v) is 12.0. The summed E-state index contributed by atoms with van der Waals surface area (Å²) in [5.74, 6) is 0.804. The maximum atomic E-state index is 13.3. The molecule has 2 aromatic carbocycles. The van der Waals surface area contributed by atoms with E-state index in [1.807, 2.05) is 45.0 Å². The Hall–Kier alpha value is -2.43. The van der Waals surface area contributed by atoms with Crippen molar-refractivity contribution in [1.29, 1.82) is 0 Å². The molecule has 188 valence electrons. The number of anilines is 1. The first kappa shape index (κ1) is 25.7. The standard InChI is InChI=1S/C25H31N3O5S2/c1-25(2,3)33-24(31)26-9-15-34-35-16-12-28-22(29)18-6-4-5-17-20(27-10-13-32-14-11-27)8-7-19(21(17)18)23(28)30/h4-8H,9-16H2,1-3H3,(H,26,31). The molecule has 3 amide bonds. The Morgan fingerprint density at radius 3 is 2.43 bits per heavy atom. The van der Waals surface area contributed by atoms with Crippen molar-refractivity contribution in [2.24, 2.45) is 0 Å². The molecule has 0 aromatic heterocycles. The molecule has 0 unspecified atom stereocenters. The highest BCUT2D eigenvalue weighted by Gasteiger charge is 2.33. The van der Waals surface area contributed by atoms with Crippen LogP contribution in [0.15, 0.2) is 30.3 Å². The van der Waals surface area contributed by atoms with Gasteiger partial charge >= 0.3 is 6.09 Å². The molecule has 4 rings (SSSR count). The molecule has 35 heavy (non-hydrogen) atoms. The summed E-state index contributed by atoms with van der Waals surface area (Å²) >= 11 is 0. The molecule has 1 N–H and O–H groups in total. The summed E-state index contributed by atoms with van der Waals surface area (Å²) in [4.78, 5) is 41.8. The van der Waals surface area contributed by atoms with Crippen LogP contribution in [0.1, 0.15) is 41.5 Å². The van der Waals surface area contributed by atoms with Gasteiger partial charge in [-0.3, -0.25) is 14.5 Å². The van der Waals surface area contributed by atoms with Crippen LogP contribution in [-0.4, -0.2) is 79.3 Å². The van der Waals surface area contributed by atoms with Crippen molar-refractivity contribution in [3.8, 4) is 0 Å². The quantitative estimate of drug-likeness (QED) is 0.317. The van der Waals surface area contributed by atoms with E-state index >= 15 is 0 Å². The van der Waals surface area contributed by atoms with Gasteiger partial charge in [0.2, 0.25) is 0 Å². The third-order valence-corrected chi connectivity index (χ3v) is 8.04. The Morgan fingerprint density at radius 2 is 1.71 bits per heavy atom. The highest BCUT2D eigenvalue weighted by Crippen LogP contribution is 2.36. The zero-order chi connectivity index (χ0) is 25.0. The molecule has 2 aliphatic rings. The fraction of sp³-hybridized carbons (Fsp3) is 0.480. The highest BCUT2D eigenvalue weighted by atomic mass is 33.1. The first-order valence-corrected chi connectivity index (χ1v) is 14.2. The number of imide groups is 1. The molecule has 10 heteroatoms. The minimum absolute atomic E-state index is 0.246. The van der Waals surface area contributed by atoms with Crippen LogP contribution in [0.25, 0.3) is 10.8 Å². The summed E-state index contributed by atoms with van der Waals surface area (Å²) in [5, 5.41) is 4.40. The van der Waals surface area contributed by atoms with Crippen molar-refractivity contribution >= 4 is 56.0 Å². The molecule has 2 aromatic rings. The van der Waals surface area contributed by atoms with Gasteiger partial charge in [0.15, 0.2) is 0 Å². The molecule has 8 nitrogen and oxygen atoms in total. The maximum absolute atomic E-state index is 13.3. The van der Waals surface area contributed by atoms with Crippen molar-refractivity contribution in [3.05, 3.63) is 41.5 Å². The molecule has 0 aliphatic carbocycles. The van der Waals surface area contributed by atoms with E-state index < -0.39 is 11.7 Å². The molecular weight excluding hydrogens is 486 g/mol. The third-order valence-electron chi connectivity index (χ3n) is 5.66. The number of nitrogens with zero attached hydrogens (tertiary/aromatic N) is 2. The number of benzene rings is 2. The van der Waals surface area contributed by atoms with Crippen molar-refractivity contribution in [2.75, 3.05) is 55.8 Å². The smallest absolute Gasteiger partial charge is 0.407 e. The van der Waals surface area contributed by atoms with Crippen molar-refractivity contribution < 1.29 is 23.9 Å². The average Bonchev–Trinajstić information content (AvgIpc) is 2.82. The Morgan fingerprint density at radius 1 is 1.03 bits per heavy atom. The van der Waals surface area contributed by atoms with E-state index in [2.05, 4.69) is 10.2 Å². The van der Waals surface area contributed by atoms with E-state index in [1.54, 1.807) is 27.7 Å². The lowest BCUT2D eigenvalue weighted by molar-refractivity contribution is 0.0529. The first-order valence-electron chi connectivity index (χ1n) is 11.7. The van der Waals surface area contributed by atoms with Crippen molar-refractivity contribution in [3.63, 3.8) is 0 Å². The number of hydrogen-bond donors (Lipinski definition) is 1. The van der Waals surface area contributed by atoms with Crippen LogP contribution in [0.3, 0.4) is 0 Å². The Balaban J connectivity index is 1.34. The van der Waals surface area contributed by atoms with Gasteiger partial charge in [0.05, 0.1) is 13.2 Å². The van der Waals surface area contributed by atoms with Crippen molar-refractivity contribution in [1.82, 2.24) is 10.2 Å². The Bertz CT molecular complexity index is 1090. The fourth-order valence-electron chi connectivity index (χ4n) is 4.17. The monoisotopic (exact) mass is 517 g/mol. The van der Waals surface area contributed by atoms with E-state index in [4.69, 9.17) is 9.47 Å². The molecule has 2 heterocycles. The molecule has 0 spiro atoms. The number of hydrogen-bond acceptors (Lipinski definition) is 8. The number of ether oxygens (including phenoxy) is 2. The highest BCUT2D eigenvalue weighted by molar-refractivity contribution is 8.76. The molecule has 0 atom stereocenters. The number of carbonyl (C=O) groups is 3. The zero-order valence-electron chi connectivity index (χ0n) is 20.3. The number of rotatable bonds is 8. The van der Waals surface area contributed by atoms with Gasteiger partial charge in [-0.15, -0.1) is 0 Å². The fourth-order valence-corrected chi connectivity index (χ4v) is 6.03. The summed E-state index contributed by atoms with van der Waals surface area (Å²) in [6, 6.07) is 9.52. The van der Waals surface area contributed by atoms with Crippen LogP contribution < -0.4 is 10.2 Å². The van der Waals surface area contributed by atoms with E-state index in [1.165, 1.54) is 4.90 Å². The predicted octanol–water partition coefficient (Wildman–Crippen LogP) is 4.18. The van der Waals surface area contributed by atoms with Gasteiger partial charge in [0, 0.05) is 65.3 Å². The molecule has 2 aliphatic heterocycles.